The summed E-state index contributed by atoms with van der Waals surface area (Å²) in [6.07, 6.45) is 0.863. The van der Waals surface area contributed by atoms with Crippen molar-refractivity contribution in [2.24, 2.45) is 10.7 Å². The lowest BCUT2D eigenvalue weighted by Gasteiger charge is -2.27. The fraction of sp³-hybridized carbons (Fsp3) is 0.192. The van der Waals surface area contributed by atoms with Gasteiger partial charge in [-0.05, 0) is 35.2 Å². The number of aliphatic imine (C=N–C) groups is 1. The van der Waals surface area contributed by atoms with E-state index in [2.05, 4.69) is 5.32 Å². The van der Waals surface area contributed by atoms with Crippen molar-refractivity contribution in [3.8, 4) is 0 Å². The molecule has 1 aliphatic rings. The average molecular weight is 427 g/mol. The third-order valence-corrected chi connectivity index (χ3v) is 5.56. The van der Waals surface area contributed by atoms with Gasteiger partial charge in [0.05, 0.1) is 6.54 Å². The molecule has 3 N–H and O–H groups in total. The molecular formula is C26H26N4O2. The molecule has 0 spiro atoms. The molecule has 0 fully saturated rings. The second kappa shape index (κ2) is 9.06. The minimum absolute atomic E-state index is 0.133. The molecule has 0 atom stereocenters. The number of nitrogens with one attached hydrogen (secondary N) is 1. The second-order valence-electron chi connectivity index (χ2n) is 7.76. The van der Waals surface area contributed by atoms with Crippen molar-refractivity contribution in [3.63, 3.8) is 0 Å². The molecule has 0 radical (unpaired) electrons. The Morgan fingerprint density at radius 2 is 1.59 bits per heavy atom. The third-order valence-electron chi connectivity index (χ3n) is 5.56. The largest absolute Gasteiger partial charge is 0.369 e. The Bertz CT molecular complexity index is 1100. The van der Waals surface area contributed by atoms with E-state index in [0.29, 0.717) is 12.1 Å². The lowest BCUT2D eigenvalue weighted by atomic mass is 9.83. The van der Waals surface area contributed by atoms with Gasteiger partial charge in [0.1, 0.15) is 0 Å². The first-order valence-electron chi connectivity index (χ1n) is 10.7. The first-order valence-corrected chi connectivity index (χ1v) is 10.7. The third kappa shape index (κ3) is 3.87. The van der Waals surface area contributed by atoms with Gasteiger partial charge in [-0.15, -0.1) is 0 Å². The van der Waals surface area contributed by atoms with Crippen LogP contribution >= 0.6 is 0 Å². The van der Waals surface area contributed by atoms with Crippen molar-refractivity contribution < 1.29 is 9.59 Å². The van der Waals surface area contributed by atoms with Crippen LogP contribution in [0.3, 0.4) is 0 Å². The van der Waals surface area contributed by atoms with Gasteiger partial charge in [0.25, 0.3) is 11.8 Å². The van der Waals surface area contributed by atoms with Gasteiger partial charge in [-0.25, -0.2) is 4.99 Å². The maximum atomic E-state index is 13.9. The highest BCUT2D eigenvalue weighted by molar-refractivity contribution is 6.09. The van der Waals surface area contributed by atoms with Gasteiger partial charge in [-0.1, -0.05) is 79.7 Å². The quantitative estimate of drug-likeness (QED) is 0.607. The summed E-state index contributed by atoms with van der Waals surface area (Å²) in [6.45, 7) is 2.85. The van der Waals surface area contributed by atoms with E-state index in [4.69, 9.17) is 10.7 Å². The van der Waals surface area contributed by atoms with Crippen LogP contribution in [-0.4, -0.2) is 29.2 Å². The first-order chi connectivity index (χ1) is 15.6. The summed E-state index contributed by atoms with van der Waals surface area (Å²) in [6, 6.07) is 26.2. The molecule has 6 heteroatoms. The lowest BCUT2D eigenvalue weighted by Crippen LogP contribution is -2.43. The monoisotopic (exact) mass is 426 g/mol. The summed E-state index contributed by atoms with van der Waals surface area (Å²) in [5.41, 5.74) is 7.95. The van der Waals surface area contributed by atoms with E-state index in [-0.39, 0.29) is 24.3 Å². The molecule has 162 valence electrons. The fourth-order valence-electron chi connectivity index (χ4n) is 3.97. The predicted molar refractivity (Wildman–Crippen MR) is 125 cm³/mol. The van der Waals surface area contributed by atoms with Crippen LogP contribution in [0.2, 0.25) is 0 Å². The summed E-state index contributed by atoms with van der Waals surface area (Å²) in [5.74, 6) is -0.192. The Kier molecular flexibility index (Phi) is 6.03. The van der Waals surface area contributed by atoms with E-state index < -0.39 is 5.54 Å². The number of carbonyl (C=O) groups excluding carboxylic acids is 2. The van der Waals surface area contributed by atoms with E-state index in [9.17, 15) is 9.59 Å². The normalized spacial score (nSPS) is 14.8. The van der Waals surface area contributed by atoms with E-state index in [1.54, 1.807) is 12.1 Å². The molecule has 0 aliphatic carbocycles. The molecule has 3 aromatic rings. The number of guanidine groups is 1. The molecule has 0 unspecified atom stereocenters. The zero-order chi connectivity index (χ0) is 22.6. The Balaban J connectivity index is 1.68. The molecule has 1 aliphatic heterocycles. The Labute approximate surface area is 187 Å². The van der Waals surface area contributed by atoms with Gasteiger partial charge >= 0.3 is 0 Å². The van der Waals surface area contributed by atoms with Gasteiger partial charge < -0.3 is 11.1 Å². The Hall–Kier alpha value is -3.93. The highest BCUT2D eigenvalue weighted by atomic mass is 16.2. The van der Waals surface area contributed by atoms with Crippen LogP contribution < -0.4 is 11.1 Å². The van der Waals surface area contributed by atoms with Crippen LogP contribution in [0.4, 0.5) is 0 Å². The van der Waals surface area contributed by atoms with Crippen molar-refractivity contribution in [2.45, 2.75) is 25.4 Å². The van der Waals surface area contributed by atoms with Crippen molar-refractivity contribution in [1.29, 1.82) is 0 Å². The van der Waals surface area contributed by atoms with Crippen molar-refractivity contribution in [3.05, 3.63) is 107 Å². The van der Waals surface area contributed by atoms with E-state index in [1.165, 1.54) is 4.90 Å². The van der Waals surface area contributed by atoms with Gasteiger partial charge in [0, 0.05) is 12.1 Å². The summed E-state index contributed by atoms with van der Waals surface area (Å²) < 4.78 is 0. The maximum Gasteiger partial charge on any atom is 0.266 e. The highest BCUT2D eigenvalue weighted by Gasteiger charge is 2.50. The standard InChI is InChI=1S/C26H26N4O2/c1-2-16-28-23(31)20-11-9-10-19(17-20)18-30-24(32)26(29-25(30)27,21-12-5-3-6-13-21)22-14-7-4-8-15-22/h3-15,17H,2,16,18H2,1H3,(H2,27,29)(H,28,31). The molecule has 0 bridgehead atoms. The number of amides is 2. The van der Waals surface area contributed by atoms with Gasteiger partial charge in [-0.3, -0.25) is 14.5 Å². The molecular weight excluding hydrogens is 400 g/mol. The maximum absolute atomic E-state index is 13.9. The van der Waals surface area contributed by atoms with Crippen molar-refractivity contribution >= 4 is 17.8 Å². The molecule has 6 nitrogen and oxygen atoms in total. The summed E-state index contributed by atoms with van der Waals surface area (Å²) in [5, 5.41) is 2.88. The zero-order valence-electron chi connectivity index (χ0n) is 18.0. The number of hydrogen-bond donors (Lipinski definition) is 2. The first kappa shape index (κ1) is 21.3. The van der Waals surface area contributed by atoms with Gasteiger partial charge in [-0.2, -0.15) is 0 Å². The summed E-state index contributed by atoms with van der Waals surface area (Å²) in [7, 11) is 0. The van der Waals surface area contributed by atoms with Crippen LogP contribution in [0, 0.1) is 0 Å². The van der Waals surface area contributed by atoms with E-state index in [1.807, 2.05) is 79.7 Å². The number of hydrogen-bond acceptors (Lipinski definition) is 4. The Morgan fingerprint density at radius 3 is 2.19 bits per heavy atom. The van der Waals surface area contributed by atoms with Crippen molar-refractivity contribution in [2.75, 3.05) is 6.54 Å². The van der Waals surface area contributed by atoms with E-state index >= 15 is 0 Å². The molecule has 0 saturated carbocycles. The van der Waals surface area contributed by atoms with Gasteiger partial charge in [0.2, 0.25) is 0 Å². The van der Waals surface area contributed by atoms with Crippen LogP contribution in [0.1, 0.15) is 40.4 Å². The number of carbonyl (C=O) groups is 2. The summed E-state index contributed by atoms with van der Waals surface area (Å²) in [4.78, 5) is 32.4. The SMILES string of the molecule is CCCNC(=O)c1cccc(CN2C(=O)C(c3ccccc3)(c3ccccc3)N=C2N)c1. The number of rotatable bonds is 7. The highest BCUT2D eigenvalue weighted by Crippen LogP contribution is 2.39. The predicted octanol–water partition coefficient (Wildman–Crippen LogP) is 3.43. The molecule has 3 aromatic carbocycles. The number of nitrogens with two attached hydrogens (primary N) is 1. The fourth-order valence-corrected chi connectivity index (χ4v) is 3.97. The van der Waals surface area contributed by atoms with Crippen LogP contribution in [-0.2, 0) is 16.9 Å². The number of benzene rings is 3. The minimum atomic E-state index is -1.23. The smallest absolute Gasteiger partial charge is 0.266 e. The zero-order valence-corrected chi connectivity index (χ0v) is 18.0. The molecule has 1 heterocycles. The molecule has 32 heavy (non-hydrogen) atoms. The van der Waals surface area contributed by atoms with Crippen LogP contribution in [0.25, 0.3) is 0 Å². The van der Waals surface area contributed by atoms with Crippen LogP contribution in [0.15, 0.2) is 89.9 Å². The molecule has 4 rings (SSSR count). The average Bonchev–Trinajstić information content (AvgIpc) is 3.09. The van der Waals surface area contributed by atoms with Crippen molar-refractivity contribution in [1.82, 2.24) is 10.2 Å². The van der Waals surface area contributed by atoms with Gasteiger partial charge in [0.15, 0.2) is 11.5 Å². The number of nitrogens with zero attached hydrogens (tertiary/aromatic N) is 2. The summed E-state index contributed by atoms with van der Waals surface area (Å²) >= 11 is 0. The second-order valence-corrected chi connectivity index (χ2v) is 7.76. The lowest BCUT2D eigenvalue weighted by molar-refractivity contribution is -0.130. The van der Waals surface area contributed by atoms with Crippen LogP contribution in [0.5, 0.6) is 0 Å². The molecule has 2 amide bonds. The minimum Gasteiger partial charge on any atom is -0.369 e. The molecule has 0 aromatic heterocycles. The molecule has 0 saturated heterocycles. The Morgan fingerprint density at radius 1 is 0.969 bits per heavy atom. The topological polar surface area (TPSA) is 87.8 Å². The van der Waals surface area contributed by atoms with E-state index in [0.717, 1.165) is 23.1 Å².